The predicted molar refractivity (Wildman–Crippen MR) is 129 cm³/mol. The van der Waals surface area contributed by atoms with Crippen LogP contribution in [0, 0.1) is 0 Å². The third-order valence-electron chi connectivity index (χ3n) is 6.33. The SMILES string of the molecule is Cn1nc(C(F)(F)F)cc1-c1cccc(CNC(=O)C2CCCN2S(=O)(=O)c2cc3ccccc3o2)c1. The van der Waals surface area contributed by atoms with E-state index in [9.17, 15) is 26.4 Å². The second-order valence-electron chi connectivity index (χ2n) is 8.83. The van der Waals surface area contributed by atoms with Gasteiger partial charge in [0.1, 0.15) is 11.6 Å². The van der Waals surface area contributed by atoms with Crippen LogP contribution < -0.4 is 5.32 Å². The van der Waals surface area contributed by atoms with E-state index in [4.69, 9.17) is 4.42 Å². The van der Waals surface area contributed by atoms with Crippen molar-refractivity contribution in [2.45, 2.75) is 36.7 Å². The van der Waals surface area contributed by atoms with E-state index in [0.717, 1.165) is 15.1 Å². The van der Waals surface area contributed by atoms with Gasteiger partial charge >= 0.3 is 6.18 Å². The topological polar surface area (TPSA) is 97.4 Å². The monoisotopic (exact) mass is 532 g/mol. The molecule has 1 N–H and O–H groups in total. The molecule has 1 aliphatic rings. The molecule has 5 rings (SSSR count). The average Bonchev–Trinajstić information content (AvgIpc) is 3.60. The Morgan fingerprint density at radius 3 is 2.65 bits per heavy atom. The van der Waals surface area contributed by atoms with E-state index >= 15 is 0 Å². The van der Waals surface area contributed by atoms with Crippen molar-refractivity contribution in [3.63, 3.8) is 0 Å². The summed E-state index contributed by atoms with van der Waals surface area (Å²) in [6.07, 6.45) is -3.67. The number of halogens is 3. The lowest BCUT2D eigenvalue weighted by Crippen LogP contribution is -2.45. The number of rotatable bonds is 6. The number of hydrogen-bond acceptors (Lipinski definition) is 5. The minimum absolute atomic E-state index is 0.0751. The maximum absolute atomic E-state index is 13.3. The third kappa shape index (κ3) is 4.86. The zero-order valence-electron chi connectivity index (χ0n) is 19.7. The smallest absolute Gasteiger partial charge is 0.435 e. The second-order valence-corrected chi connectivity index (χ2v) is 10.7. The summed E-state index contributed by atoms with van der Waals surface area (Å²) in [5.74, 6) is -0.456. The van der Waals surface area contributed by atoms with Crippen LogP contribution in [0.15, 0.2) is 70.2 Å². The first-order valence-electron chi connectivity index (χ1n) is 11.5. The van der Waals surface area contributed by atoms with Gasteiger partial charge in [0.25, 0.3) is 10.0 Å². The fourth-order valence-electron chi connectivity index (χ4n) is 4.51. The summed E-state index contributed by atoms with van der Waals surface area (Å²) in [5.41, 5.74) is 0.879. The van der Waals surface area contributed by atoms with Crippen molar-refractivity contribution in [1.29, 1.82) is 0 Å². The molecule has 0 radical (unpaired) electrons. The first-order valence-corrected chi connectivity index (χ1v) is 13.0. The van der Waals surface area contributed by atoms with Gasteiger partial charge in [-0.15, -0.1) is 0 Å². The van der Waals surface area contributed by atoms with Crippen molar-refractivity contribution in [2.24, 2.45) is 7.05 Å². The minimum Gasteiger partial charge on any atom is -0.443 e. The summed E-state index contributed by atoms with van der Waals surface area (Å²) in [4.78, 5) is 13.0. The molecule has 12 heteroatoms. The van der Waals surface area contributed by atoms with Crippen LogP contribution in [-0.4, -0.2) is 41.0 Å². The first-order chi connectivity index (χ1) is 17.5. The van der Waals surface area contributed by atoms with Crippen molar-refractivity contribution in [2.75, 3.05) is 6.54 Å². The number of amides is 1. The van der Waals surface area contributed by atoms with Gasteiger partial charge in [-0.1, -0.05) is 36.4 Å². The first kappa shape index (κ1) is 25.0. The Balaban J connectivity index is 1.30. The third-order valence-corrected chi connectivity index (χ3v) is 8.10. The van der Waals surface area contributed by atoms with Crippen LogP contribution in [0.2, 0.25) is 0 Å². The molecule has 3 heterocycles. The van der Waals surface area contributed by atoms with Crippen LogP contribution >= 0.6 is 0 Å². The Bertz CT molecular complexity index is 1540. The Labute approximate surface area is 210 Å². The van der Waals surface area contributed by atoms with Gasteiger partial charge in [0.15, 0.2) is 5.69 Å². The highest BCUT2D eigenvalue weighted by Crippen LogP contribution is 2.32. The molecule has 8 nitrogen and oxygen atoms in total. The fraction of sp³-hybridized carbons (Fsp3) is 0.280. The Morgan fingerprint density at radius 2 is 1.92 bits per heavy atom. The number of alkyl halides is 3. The molecule has 0 saturated carbocycles. The summed E-state index contributed by atoms with van der Waals surface area (Å²) in [6, 6.07) is 15.2. The maximum atomic E-state index is 13.3. The lowest BCUT2D eigenvalue weighted by atomic mass is 10.1. The van der Waals surface area contributed by atoms with E-state index in [-0.39, 0.29) is 23.9 Å². The van der Waals surface area contributed by atoms with E-state index < -0.39 is 33.8 Å². The Morgan fingerprint density at radius 1 is 1.14 bits per heavy atom. The summed E-state index contributed by atoms with van der Waals surface area (Å²) < 4.78 is 73.5. The molecule has 0 spiro atoms. The van der Waals surface area contributed by atoms with E-state index in [1.165, 1.54) is 13.1 Å². The molecule has 1 saturated heterocycles. The minimum atomic E-state index is -4.56. The molecule has 2 aromatic carbocycles. The van der Waals surface area contributed by atoms with Crippen LogP contribution in [0.5, 0.6) is 0 Å². The number of carbonyl (C=O) groups excluding carboxylic acids is 1. The van der Waals surface area contributed by atoms with Gasteiger partial charge < -0.3 is 9.73 Å². The normalized spacial score (nSPS) is 16.9. The number of benzene rings is 2. The van der Waals surface area contributed by atoms with Crippen LogP contribution in [-0.2, 0) is 34.6 Å². The molecule has 1 unspecified atom stereocenters. The van der Waals surface area contributed by atoms with Crippen LogP contribution in [0.25, 0.3) is 22.2 Å². The molecule has 4 aromatic rings. The number of hydrogen-bond donors (Lipinski definition) is 1. The van der Waals surface area contributed by atoms with Gasteiger partial charge in [-0.2, -0.15) is 22.6 Å². The zero-order chi connectivity index (χ0) is 26.4. The summed E-state index contributed by atoms with van der Waals surface area (Å²) in [6.45, 7) is 0.265. The van der Waals surface area contributed by atoms with Crippen molar-refractivity contribution in [3.05, 3.63) is 71.9 Å². The van der Waals surface area contributed by atoms with Gasteiger partial charge in [-0.05, 0) is 36.6 Å². The Hall–Kier alpha value is -3.64. The summed E-state index contributed by atoms with van der Waals surface area (Å²) >= 11 is 0. The number of aromatic nitrogens is 2. The van der Waals surface area contributed by atoms with Gasteiger partial charge in [-0.25, -0.2) is 8.42 Å². The fourth-order valence-corrected chi connectivity index (χ4v) is 6.12. The van der Waals surface area contributed by atoms with Gasteiger partial charge in [0, 0.05) is 37.2 Å². The highest BCUT2D eigenvalue weighted by atomic mass is 32.2. The van der Waals surface area contributed by atoms with Gasteiger partial charge in [-0.3, -0.25) is 9.48 Å². The number of fused-ring (bicyclic) bond motifs is 1. The zero-order valence-corrected chi connectivity index (χ0v) is 20.5. The number of sulfonamides is 1. The molecule has 1 fully saturated rings. The molecule has 1 amide bonds. The standard InChI is InChI=1S/C25H23F3N4O4S/c1-31-20(14-22(30-31)25(26,27)28)17-8-4-6-16(12-17)15-29-24(33)19-9-5-11-32(19)37(34,35)23-13-18-7-2-3-10-21(18)36-23/h2-4,6-8,10,12-14,19H,5,9,11,15H2,1H3,(H,29,33). The number of carbonyl (C=O) groups is 1. The van der Waals surface area contributed by atoms with Crippen LogP contribution in [0.3, 0.4) is 0 Å². The molecule has 194 valence electrons. The Kier molecular flexibility index (Phi) is 6.32. The van der Waals surface area contributed by atoms with Gasteiger partial charge in [0.05, 0.1) is 5.69 Å². The van der Waals surface area contributed by atoms with E-state index in [2.05, 4.69) is 10.4 Å². The molecule has 0 aliphatic carbocycles. The molecule has 2 aromatic heterocycles. The molecular weight excluding hydrogens is 509 g/mol. The van der Waals surface area contributed by atoms with Gasteiger partial charge in [0.2, 0.25) is 11.0 Å². The predicted octanol–water partition coefficient (Wildman–Crippen LogP) is 4.32. The van der Waals surface area contributed by atoms with Crippen LogP contribution in [0.1, 0.15) is 24.1 Å². The van der Waals surface area contributed by atoms with Crippen molar-refractivity contribution >= 4 is 26.9 Å². The van der Waals surface area contributed by atoms with E-state index in [1.807, 2.05) is 0 Å². The number of aryl methyl sites for hydroxylation is 1. The number of nitrogens with one attached hydrogen (secondary N) is 1. The summed E-state index contributed by atoms with van der Waals surface area (Å²) in [5, 5.41) is 6.74. The lowest BCUT2D eigenvalue weighted by Gasteiger charge is -2.22. The molecular formula is C25H23F3N4O4S. The largest absolute Gasteiger partial charge is 0.443 e. The van der Waals surface area contributed by atoms with Crippen molar-refractivity contribution < 1.29 is 30.8 Å². The van der Waals surface area contributed by atoms with E-state index in [1.54, 1.807) is 48.5 Å². The summed E-state index contributed by atoms with van der Waals surface area (Å²) in [7, 11) is -2.60. The molecule has 0 bridgehead atoms. The molecule has 1 aliphatic heterocycles. The lowest BCUT2D eigenvalue weighted by molar-refractivity contribution is -0.141. The molecule has 1 atom stereocenters. The highest BCUT2D eigenvalue weighted by molar-refractivity contribution is 7.89. The second kappa shape index (κ2) is 9.34. The number of furan rings is 1. The maximum Gasteiger partial charge on any atom is 0.435 e. The molecule has 37 heavy (non-hydrogen) atoms. The van der Waals surface area contributed by atoms with Crippen LogP contribution in [0.4, 0.5) is 13.2 Å². The number of nitrogens with zero attached hydrogens (tertiary/aromatic N) is 3. The highest BCUT2D eigenvalue weighted by Gasteiger charge is 2.41. The average molecular weight is 533 g/mol. The van der Waals surface area contributed by atoms with Crippen molar-refractivity contribution in [1.82, 2.24) is 19.4 Å². The van der Waals surface area contributed by atoms with Crippen molar-refractivity contribution in [3.8, 4) is 11.3 Å². The number of para-hydroxylation sites is 1. The van der Waals surface area contributed by atoms with E-state index in [0.29, 0.717) is 34.9 Å². The quantitative estimate of drug-likeness (QED) is 0.399.